The molecule has 0 bridgehead atoms. The van der Waals surface area contributed by atoms with Crippen molar-refractivity contribution in [3.8, 4) is 5.75 Å². The van der Waals surface area contributed by atoms with Crippen molar-refractivity contribution < 1.29 is 28.2 Å². The predicted molar refractivity (Wildman–Crippen MR) is 92.2 cm³/mol. The number of fused-ring (bicyclic) bond motifs is 1. The van der Waals surface area contributed by atoms with E-state index in [-0.39, 0.29) is 6.61 Å². The number of hydrogen-bond donors (Lipinski definition) is 1. The van der Waals surface area contributed by atoms with Crippen LogP contribution in [-0.2, 0) is 16.1 Å². The maximum absolute atomic E-state index is 11.8. The zero-order valence-corrected chi connectivity index (χ0v) is 14.1. The van der Waals surface area contributed by atoms with Gasteiger partial charge in [0.15, 0.2) is 12.2 Å². The van der Waals surface area contributed by atoms with E-state index in [1.807, 2.05) is 0 Å². The van der Waals surface area contributed by atoms with Crippen LogP contribution in [0.1, 0.15) is 16.2 Å². The molecule has 2 aromatic carbocycles. The molecule has 134 valence electrons. The minimum atomic E-state index is -0.549. The van der Waals surface area contributed by atoms with Gasteiger partial charge < -0.3 is 18.6 Å². The van der Waals surface area contributed by atoms with Crippen molar-refractivity contribution in [1.82, 2.24) is 4.98 Å². The van der Waals surface area contributed by atoms with Crippen molar-refractivity contribution in [3.05, 3.63) is 53.9 Å². The van der Waals surface area contributed by atoms with Gasteiger partial charge in [0.1, 0.15) is 16.8 Å². The van der Waals surface area contributed by atoms with Gasteiger partial charge in [-0.25, -0.2) is 14.6 Å². The molecule has 1 heterocycles. The van der Waals surface area contributed by atoms with Gasteiger partial charge in [-0.05, 0) is 36.4 Å². The summed E-state index contributed by atoms with van der Waals surface area (Å²) in [5.74, 6) is 0.400. The second-order valence-electron chi connectivity index (χ2n) is 5.18. The monoisotopic (exact) mass is 356 g/mol. The number of para-hydroxylation sites is 1. The van der Waals surface area contributed by atoms with Gasteiger partial charge in [-0.15, -0.1) is 0 Å². The van der Waals surface area contributed by atoms with Gasteiger partial charge in [-0.3, -0.25) is 5.32 Å². The number of rotatable bonds is 5. The molecule has 0 fully saturated rings. The van der Waals surface area contributed by atoms with Crippen molar-refractivity contribution >= 4 is 28.8 Å². The standard InChI is InChI=1S/C18H16N2O6/c1-23-17(21)13-4-3-5-14-16(13)26-15(20-14)10-25-12-8-6-11(7-9-12)19-18(22)24-2/h3-9H,10H2,1-2H3,(H,19,22). The average molecular weight is 356 g/mol. The van der Waals surface area contributed by atoms with Crippen LogP contribution in [0.25, 0.3) is 11.1 Å². The number of nitrogens with zero attached hydrogens (tertiary/aromatic N) is 1. The molecule has 0 atom stereocenters. The first-order chi connectivity index (χ1) is 12.6. The summed E-state index contributed by atoms with van der Waals surface area (Å²) in [7, 11) is 2.60. The van der Waals surface area contributed by atoms with Gasteiger partial charge in [0.25, 0.3) is 0 Å². The molecule has 3 aromatic rings. The maximum Gasteiger partial charge on any atom is 0.411 e. The van der Waals surface area contributed by atoms with Crippen LogP contribution in [0.5, 0.6) is 5.75 Å². The number of carbonyl (C=O) groups excluding carboxylic acids is 2. The van der Waals surface area contributed by atoms with Crippen LogP contribution in [0, 0.1) is 0 Å². The zero-order valence-electron chi connectivity index (χ0n) is 14.1. The number of esters is 1. The fraction of sp³-hybridized carbons (Fsp3) is 0.167. The Morgan fingerprint density at radius 3 is 2.54 bits per heavy atom. The lowest BCUT2D eigenvalue weighted by Gasteiger charge is -2.06. The molecule has 26 heavy (non-hydrogen) atoms. The Kier molecular flexibility index (Phi) is 5.02. The Labute approximate surface area is 148 Å². The SMILES string of the molecule is COC(=O)Nc1ccc(OCc2nc3cccc(C(=O)OC)c3o2)cc1. The van der Waals surface area contributed by atoms with Crippen LogP contribution < -0.4 is 10.1 Å². The Hall–Kier alpha value is -3.55. The summed E-state index contributed by atoms with van der Waals surface area (Å²) in [6.07, 6.45) is -0.549. The minimum absolute atomic E-state index is 0.0824. The molecule has 1 aromatic heterocycles. The summed E-state index contributed by atoms with van der Waals surface area (Å²) in [5, 5.41) is 2.54. The van der Waals surface area contributed by atoms with E-state index < -0.39 is 12.1 Å². The van der Waals surface area contributed by atoms with Gasteiger partial charge in [0.05, 0.1) is 14.2 Å². The van der Waals surface area contributed by atoms with Gasteiger partial charge in [0, 0.05) is 5.69 Å². The summed E-state index contributed by atoms with van der Waals surface area (Å²) in [6, 6.07) is 11.8. The molecule has 0 aliphatic heterocycles. The van der Waals surface area contributed by atoms with E-state index >= 15 is 0 Å². The Morgan fingerprint density at radius 2 is 1.85 bits per heavy atom. The van der Waals surface area contributed by atoms with Crippen molar-refractivity contribution in [2.45, 2.75) is 6.61 Å². The summed E-state index contributed by atoms with van der Waals surface area (Å²) in [6.45, 7) is 0.0824. The second kappa shape index (κ2) is 7.56. The normalized spacial score (nSPS) is 10.4. The average Bonchev–Trinajstić information content (AvgIpc) is 3.09. The van der Waals surface area contributed by atoms with E-state index in [0.29, 0.717) is 34.0 Å². The van der Waals surface area contributed by atoms with E-state index in [1.54, 1.807) is 42.5 Å². The molecule has 0 saturated carbocycles. The minimum Gasteiger partial charge on any atom is -0.484 e. The number of anilines is 1. The third-order valence-corrected chi connectivity index (χ3v) is 3.51. The van der Waals surface area contributed by atoms with E-state index in [0.717, 1.165) is 0 Å². The Bertz CT molecular complexity index is 933. The maximum atomic E-state index is 11.8. The molecule has 1 N–H and O–H groups in total. The zero-order chi connectivity index (χ0) is 18.5. The highest BCUT2D eigenvalue weighted by Gasteiger charge is 2.16. The van der Waals surface area contributed by atoms with Crippen molar-refractivity contribution in [2.75, 3.05) is 19.5 Å². The summed E-state index contributed by atoms with van der Waals surface area (Å²) >= 11 is 0. The molecule has 0 aliphatic carbocycles. The molecule has 0 unspecified atom stereocenters. The smallest absolute Gasteiger partial charge is 0.411 e. The molecular weight excluding hydrogens is 340 g/mol. The lowest BCUT2D eigenvalue weighted by atomic mass is 10.2. The van der Waals surface area contributed by atoms with Gasteiger partial charge >= 0.3 is 12.1 Å². The van der Waals surface area contributed by atoms with E-state index in [4.69, 9.17) is 13.9 Å². The van der Waals surface area contributed by atoms with Crippen molar-refractivity contribution in [3.63, 3.8) is 0 Å². The highest BCUT2D eigenvalue weighted by Crippen LogP contribution is 2.22. The molecule has 1 amide bonds. The fourth-order valence-electron chi connectivity index (χ4n) is 2.28. The number of methoxy groups -OCH3 is 2. The molecule has 0 aliphatic rings. The number of aromatic nitrogens is 1. The number of ether oxygens (including phenoxy) is 3. The van der Waals surface area contributed by atoms with Crippen LogP contribution in [-0.4, -0.2) is 31.3 Å². The second-order valence-corrected chi connectivity index (χ2v) is 5.18. The summed E-state index contributed by atoms with van der Waals surface area (Å²) in [5.41, 5.74) is 1.79. The lowest BCUT2D eigenvalue weighted by molar-refractivity contribution is 0.0601. The number of amides is 1. The summed E-state index contributed by atoms with van der Waals surface area (Å²) in [4.78, 5) is 27.2. The number of nitrogens with one attached hydrogen (secondary N) is 1. The largest absolute Gasteiger partial charge is 0.484 e. The topological polar surface area (TPSA) is 99.9 Å². The van der Waals surface area contributed by atoms with Crippen LogP contribution in [0.3, 0.4) is 0 Å². The van der Waals surface area contributed by atoms with Crippen LogP contribution in [0.2, 0.25) is 0 Å². The molecule has 8 heteroatoms. The molecule has 8 nitrogen and oxygen atoms in total. The first kappa shape index (κ1) is 17.3. The first-order valence-electron chi connectivity index (χ1n) is 7.65. The van der Waals surface area contributed by atoms with E-state index in [2.05, 4.69) is 15.0 Å². The molecule has 0 saturated heterocycles. The fourth-order valence-corrected chi connectivity index (χ4v) is 2.28. The predicted octanol–water partition coefficient (Wildman–Crippen LogP) is 3.37. The highest BCUT2D eigenvalue weighted by molar-refractivity contribution is 6.00. The van der Waals surface area contributed by atoms with E-state index in [9.17, 15) is 9.59 Å². The lowest BCUT2D eigenvalue weighted by Crippen LogP contribution is -2.10. The molecule has 3 rings (SSSR count). The van der Waals surface area contributed by atoms with Gasteiger partial charge in [-0.1, -0.05) is 6.07 Å². The summed E-state index contributed by atoms with van der Waals surface area (Å²) < 4.78 is 20.5. The highest BCUT2D eigenvalue weighted by atomic mass is 16.5. The Morgan fingerprint density at radius 1 is 1.08 bits per heavy atom. The van der Waals surface area contributed by atoms with Crippen LogP contribution in [0.4, 0.5) is 10.5 Å². The van der Waals surface area contributed by atoms with Crippen LogP contribution >= 0.6 is 0 Å². The number of hydrogen-bond acceptors (Lipinski definition) is 7. The van der Waals surface area contributed by atoms with Crippen molar-refractivity contribution in [1.29, 1.82) is 0 Å². The number of oxazole rings is 1. The van der Waals surface area contributed by atoms with E-state index in [1.165, 1.54) is 14.2 Å². The van der Waals surface area contributed by atoms with Gasteiger partial charge in [-0.2, -0.15) is 0 Å². The van der Waals surface area contributed by atoms with Gasteiger partial charge in [0.2, 0.25) is 5.89 Å². The Balaban J connectivity index is 1.70. The van der Waals surface area contributed by atoms with Crippen molar-refractivity contribution in [2.24, 2.45) is 0 Å². The number of benzene rings is 2. The quantitative estimate of drug-likeness (QED) is 0.700. The first-order valence-corrected chi connectivity index (χ1v) is 7.65. The number of carbonyl (C=O) groups is 2. The third kappa shape index (κ3) is 3.75. The molecule has 0 spiro atoms. The third-order valence-electron chi connectivity index (χ3n) is 3.51. The van der Waals surface area contributed by atoms with Crippen LogP contribution in [0.15, 0.2) is 46.9 Å². The molecule has 0 radical (unpaired) electrons. The molecular formula is C18H16N2O6.